The van der Waals surface area contributed by atoms with Crippen LogP contribution in [0, 0.1) is 0 Å². The Morgan fingerprint density at radius 2 is 2.33 bits per heavy atom. The van der Waals surface area contributed by atoms with Crippen LogP contribution in [0.5, 0.6) is 0 Å². The molecule has 2 atom stereocenters. The molecule has 1 aliphatic heterocycles. The summed E-state index contributed by atoms with van der Waals surface area (Å²) in [6, 6.07) is -1.09. The number of alkyl halides is 3. The molecule has 100 valence electrons. The van der Waals surface area contributed by atoms with Crippen molar-refractivity contribution >= 4 is 11.8 Å². The summed E-state index contributed by atoms with van der Waals surface area (Å²) in [4.78, 5) is 10.6. The number of nitrogens with one attached hydrogen (secondary N) is 1. The van der Waals surface area contributed by atoms with Gasteiger partial charge in [-0.05, 0) is 12.8 Å². The lowest BCUT2D eigenvalue weighted by Crippen LogP contribution is -2.39. The minimum Gasteiger partial charge on any atom is -0.543 e. The number of aromatic nitrogens is 2. The molecule has 0 aliphatic carbocycles. The molecule has 0 aromatic carbocycles. The summed E-state index contributed by atoms with van der Waals surface area (Å²) in [6.45, 7) is 1.76. The molecule has 0 radical (unpaired) electrons. The van der Waals surface area contributed by atoms with E-state index in [0.29, 0.717) is 11.1 Å². The van der Waals surface area contributed by atoms with Crippen LogP contribution >= 0.6 is 0 Å². The largest absolute Gasteiger partial charge is 0.543 e. The van der Waals surface area contributed by atoms with Gasteiger partial charge in [0.2, 0.25) is 0 Å². The molecule has 1 aromatic heterocycles. The zero-order valence-electron chi connectivity index (χ0n) is 9.49. The van der Waals surface area contributed by atoms with E-state index in [1.54, 1.807) is 6.92 Å². The van der Waals surface area contributed by atoms with E-state index in [-0.39, 0.29) is 18.3 Å². The Hall–Kier alpha value is -1.73. The van der Waals surface area contributed by atoms with Crippen LogP contribution in [0.4, 0.5) is 19.0 Å². The maximum Gasteiger partial charge on any atom is 0.410 e. The number of anilines is 1. The fourth-order valence-corrected chi connectivity index (χ4v) is 2.02. The van der Waals surface area contributed by atoms with Gasteiger partial charge in [0.05, 0.1) is 5.97 Å². The van der Waals surface area contributed by atoms with Crippen LogP contribution in [0.2, 0.25) is 0 Å². The van der Waals surface area contributed by atoms with E-state index in [2.05, 4.69) is 10.4 Å². The van der Waals surface area contributed by atoms with Crippen LogP contribution < -0.4 is 10.4 Å². The first kappa shape index (κ1) is 12.7. The first-order valence-corrected chi connectivity index (χ1v) is 5.47. The molecule has 5 nitrogen and oxygen atoms in total. The highest BCUT2D eigenvalue weighted by atomic mass is 19.4. The van der Waals surface area contributed by atoms with Crippen LogP contribution in [-0.4, -0.2) is 28.0 Å². The standard InChI is InChI=1S/C10H12F3N3O2/c1-2-5-3-7(10(11,12)13)16-8(14-5)4-6(15-16)9(17)18/h4-5,7,14H,2-3H2,1H3,(H,17,18)/p-1/t5-,7-/m0/s1. The molecular formula is C10H11F3N3O2-. The minimum absolute atomic E-state index is 0.0645. The van der Waals surface area contributed by atoms with Gasteiger partial charge in [-0.15, -0.1) is 0 Å². The number of rotatable bonds is 2. The molecule has 18 heavy (non-hydrogen) atoms. The summed E-state index contributed by atoms with van der Waals surface area (Å²) in [6.07, 6.45) is -4.11. The van der Waals surface area contributed by atoms with Crippen LogP contribution in [0.1, 0.15) is 36.3 Å². The lowest BCUT2D eigenvalue weighted by Gasteiger charge is -2.32. The molecule has 1 aliphatic rings. The molecule has 8 heteroatoms. The van der Waals surface area contributed by atoms with E-state index >= 15 is 0 Å². The molecule has 0 saturated heterocycles. The third kappa shape index (κ3) is 2.14. The number of carbonyl (C=O) groups is 1. The van der Waals surface area contributed by atoms with E-state index in [4.69, 9.17) is 0 Å². The highest BCUT2D eigenvalue weighted by molar-refractivity contribution is 5.84. The van der Waals surface area contributed by atoms with Gasteiger partial charge in [-0.2, -0.15) is 18.3 Å². The van der Waals surface area contributed by atoms with Crippen molar-refractivity contribution in [2.75, 3.05) is 5.32 Å². The maximum absolute atomic E-state index is 12.9. The van der Waals surface area contributed by atoms with E-state index in [1.807, 2.05) is 0 Å². The quantitative estimate of drug-likeness (QED) is 0.861. The number of aromatic carboxylic acids is 1. The number of carboxylic acid groups (broad SMARTS) is 1. The molecule has 0 unspecified atom stereocenters. The van der Waals surface area contributed by atoms with Crippen molar-refractivity contribution in [3.05, 3.63) is 11.8 Å². The second-order valence-electron chi connectivity index (χ2n) is 4.19. The smallest absolute Gasteiger partial charge is 0.410 e. The predicted molar refractivity (Wildman–Crippen MR) is 54.0 cm³/mol. The maximum atomic E-state index is 12.9. The van der Waals surface area contributed by atoms with Gasteiger partial charge in [-0.3, -0.25) is 0 Å². The second-order valence-corrected chi connectivity index (χ2v) is 4.19. The van der Waals surface area contributed by atoms with Gasteiger partial charge in [0.15, 0.2) is 6.04 Å². The molecule has 1 N–H and O–H groups in total. The van der Waals surface area contributed by atoms with E-state index in [0.717, 1.165) is 6.07 Å². The van der Waals surface area contributed by atoms with Gasteiger partial charge in [0.1, 0.15) is 11.5 Å². The zero-order chi connectivity index (χ0) is 13.5. The van der Waals surface area contributed by atoms with Crippen LogP contribution in [0.3, 0.4) is 0 Å². The number of halogens is 3. The Kier molecular flexibility index (Phi) is 2.95. The Bertz CT molecular complexity index is 469. The van der Waals surface area contributed by atoms with Crippen LogP contribution in [0.15, 0.2) is 6.07 Å². The Morgan fingerprint density at radius 3 is 2.83 bits per heavy atom. The Balaban J connectivity index is 2.43. The van der Waals surface area contributed by atoms with Gasteiger partial charge in [-0.1, -0.05) is 6.92 Å². The lowest BCUT2D eigenvalue weighted by atomic mass is 10.0. The molecule has 1 aromatic rings. The lowest BCUT2D eigenvalue weighted by molar-refractivity contribution is -0.255. The normalized spacial score (nSPS) is 23.3. The van der Waals surface area contributed by atoms with Crippen molar-refractivity contribution in [2.45, 2.75) is 38.0 Å². The highest BCUT2D eigenvalue weighted by Crippen LogP contribution is 2.39. The summed E-state index contributed by atoms with van der Waals surface area (Å²) < 4.78 is 39.3. The van der Waals surface area contributed by atoms with Gasteiger partial charge >= 0.3 is 6.18 Å². The average Bonchev–Trinajstić information content (AvgIpc) is 2.69. The van der Waals surface area contributed by atoms with Crippen molar-refractivity contribution in [2.24, 2.45) is 0 Å². The van der Waals surface area contributed by atoms with Crippen molar-refractivity contribution in [3.63, 3.8) is 0 Å². The van der Waals surface area contributed by atoms with Crippen molar-refractivity contribution < 1.29 is 23.1 Å². The first-order chi connectivity index (χ1) is 8.32. The SMILES string of the molecule is CC[C@H]1C[C@@H](C(F)(F)F)n2nc(C(=O)[O-])cc2N1. The molecule has 0 fully saturated rings. The van der Waals surface area contributed by atoms with Gasteiger partial charge in [0, 0.05) is 12.1 Å². The van der Waals surface area contributed by atoms with Gasteiger partial charge < -0.3 is 15.2 Å². The first-order valence-electron chi connectivity index (χ1n) is 5.47. The summed E-state index contributed by atoms with van der Waals surface area (Å²) >= 11 is 0. The minimum atomic E-state index is -4.46. The van der Waals surface area contributed by atoms with Crippen LogP contribution in [-0.2, 0) is 0 Å². The third-order valence-electron chi connectivity index (χ3n) is 2.97. The Morgan fingerprint density at radius 1 is 1.67 bits per heavy atom. The summed E-state index contributed by atoms with van der Waals surface area (Å²) in [5.74, 6) is -1.53. The highest BCUT2D eigenvalue weighted by Gasteiger charge is 2.45. The van der Waals surface area contributed by atoms with Gasteiger partial charge in [0.25, 0.3) is 0 Å². The molecule has 0 spiro atoms. The molecule has 2 heterocycles. The molecular weight excluding hydrogens is 251 g/mol. The van der Waals surface area contributed by atoms with E-state index in [9.17, 15) is 23.1 Å². The second kappa shape index (κ2) is 4.18. The van der Waals surface area contributed by atoms with E-state index < -0.39 is 23.9 Å². The monoisotopic (exact) mass is 262 g/mol. The topological polar surface area (TPSA) is 70.0 Å². The number of hydrogen-bond acceptors (Lipinski definition) is 4. The zero-order valence-corrected chi connectivity index (χ0v) is 9.49. The van der Waals surface area contributed by atoms with Crippen LogP contribution in [0.25, 0.3) is 0 Å². The third-order valence-corrected chi connectivity index (χ3v) is 2.97. The number of carbonyl (C=O) groups excluding carboxylic acids is 1. The molecule has 0 saturated carbocycles. The number of carboxylic acids is 1. The number of fused-ring (bicyclic) bond motifs is 1. The predicted octanol–water partition coefficient (Wildman–Crippen LogP) is 0.944. The fourth-order valence-electron chi connectivity index (χ4n) is 2.02. The number of nitrogens with zero attached hydrogens (tertiary/aromatic N) is 2. The van der Waals surface area contributed by atoms with Gasteiger partial charge in [-0.25, -0.2) is 4.68 Å². The summed E-state index contributed by atoms with van der Waals surface area (Å²) in [5, 5.41) is 16.9. The van der Waals surface area contributed by atoms with Crippen molar-refractivity contribution in [3.8, 4) is 0 Å². The molecule has 2 rings (SSSR count). The molecule has 0 bridgehead atoms. The summed E-state index contributed by atoms with van der Waals surface area (Å²) in [5.41, 5.74) is -0.497. The Labute approximate surface area is 101 Å². The fraction of sp³-hybridized carbons (Fsp3) is 0.600. The number of hydrogen-bond donors (Lipinski definition) is 1. The van der Waals surface area contributed by atoms with Crippen molar-refractivity contribution in [1.29, 1.82) is 0 Å². The van der Waals surface area contributed by atoms with Crippen molar-refractivity contribution in [1.82, 2.24) is 9.78 Å². The molecule has 0 amide bonds. The average molecular weight is 262 g/mol. The summed E-state index contributed by atoms with van der Waals surface area (Å²) in [7, 11) is 0. The van der Waals surface area contributed by atoms with E-state index in [1.165, 1.54) is 0 Å².